The number of rotatable bonds is 7. The first kappa shape index (κ1) is 22.4. The van der Waals surface area contributed by atoms with Crippen LogP contribution in [-0.2, 0) is 17.8 Å². The number of fused-ring (bicyclic) bond motifs is 1. The van der Waals surface area contributed by atoms with Gasteiger partial charge in [-0.1, -0.05) is 78.3 Å². The second-order valence-corrected chi connectivity index (χ2v) is 8.26. The summed E-state index contributed by atoms with van der Waals surface area (Å²) in [5.74, 6) is -0.365. The average molecular weight is 454 g/mol. The van der Waals surface area contributed by atoms with Crippen LogP contribution in [0.1, 0.15) is 22.4 Å². The number of nitrogens with one attached hydrogen (secondary N) is 1. The van der Waals surface area contributed by atoms with Crippen molar-refractivity contribution in [2.75, 3.05) is 6.54 Å². The molecule has 0 saturated heterocycles. The minimum absolute atomic E-state index is 0.0896. The molecule has 4 nitrogen and oxygen atoms in total. The van der Waals surface area contributed by atoms with Gasteiger partial charge in [0.05, 0.1) is 0 Å². The van der Waals surface area contributed by atoms with Gasteiger partial charge in [0.15, 0.2) is 0 Å². The van der Waals surface area contributed by atoms with E-state index in [0.29, 0.717) is 24.5 Å². The van der Waals surface area contributed by atoms with Crippen LogP contribution in [-0.4, -0.2) is 17.0 Å². The quantitative estimate of drug-likeness (QED) is 0.279. The number of aromatic nitrogens is 1. The van der Waals surface area contributed by atoms with Gasteiger partial charge >= 0.3 is 0 Å². The zero-order valence-electron chi connectivity index (χ0n) is 18.4. The Morgan fingerprint density at radius 2 is 1.73 bits per heavy atom. The summed E-state index contributed by atoms with van der Waals surface area (Å²) >= 11 is 6.40. The molecule has 0 unspecified atom stereocenters. The minimum Gasteiger partial charge on any atom is -0.351 e. The number of amides is 1. The molecule has 0 aliphatic carbocycles. The summed E-state index contributed by atoms with van der Waals surface area (Å²) < 4.78 is 2.17. The Labute approximate surface area is 198 Å². The van der Waals surface area contributed by atoms with Crippen molar-refractivity contribution in [3.05, 3.63) is 112 Å². The van der Waals surface area contributed by atoms with Gasteiger partial charge in [0.25, 0.3) is 5.91 Å². The Balaban J connectivity index is 1.62. The first-order valence-corrected chi connectivity index (χ1v) is 11.2. The topological polar surface area (TPSA) is 57.8 Å². The van der Waals surface area contributed by atoms with E-state index in [1.54, 1.807) is 6.08 Å². The van der Waals surface area contributed by atoms with Crippen LogP contribution in [0.15, 0.2) is 84.4 Å². The maximum atomic E-state index is 12.7. The van der Waals surface area contributed by atoms with Crippen molar-refractivity contribution < 1.29 is 4.79 Å². The SMILES string of the molecule is Cc1c(/C=C(\C#N)C(=O)NCCc2ccccc2)c2ccccc2n1Cc1ccccc1Cl. The molecule has 0 bridgehead atoms. The molecular weight excluding hydrogens is 430 g/mol. The highest BCUT2D eigenvalue weighted by Crippen LogP contribution is 2.30. The van der Waals surface area contributed by atoms with Crippen molar-refractivity contribution in [1.29, 1.82) is 5.26 Å². The van der Waals surface area contributed by atoms with E-state index in [0.717, 1.165) is 33.3 Å². The lowest BCUT2D eigenvalue weighted by Crippen LogP contribution is -2.26. The molecule has 1 aromatic heterocycles. The monoisotopic (exact) mass is 453 g/mol. The summed E-state index contributed by atoms with van der Waals surface area (Å²) in [7, 11) is 0. The lowest BCUT2D eigenvalue weighted by Gasteiger charge is -2.10. The maximum absolute atomic E-state index is 12.7. The summed E-state index contributed by atoms with van der Waals surface area (Å²) in [6.45, 7) is 3.07. The highest BCUT2D eigenvalue weighted by Gasteiger charge is 2.16. The molecule has 0 aliphatic heterocycles. The van der Waals surface area contributed by atoms with Crippen LogP contribution in [0.4, 0.5) is 0 Å². The van der Waals surface area contributed by atoms with Crippen LogP contribution < -0.4 is 5.32 Å². The van der Waals surface area contributed by atoms with Gasteiger partial charge in [-0.05, 0) is 42.7 Å². The Hall–Kier alpha value is -3.81. The van der Waals surface area contributed by atoms with E-state index in [9.17, 15) is 10.1 Å². The fraction of sp³-hybridized carbons (Fsp3) is 0.143. The van der Waals surface area contributed by atoms with Crippen LogP contribution in [0.2, 0.25) is 5.02 Å². The van der Waals surface area contributed by atoms with Gasteiger partial charge in [-0.3, -0.25) is 4.79 Å². The second-order valence-electron chi connectivity index (χ2n) is 7.86. The second kappa shape index (κ2) is 10.2. The van der Waals surface area contributed by atoms with Gasteiger partial charge < -0.3 is 9.88 Å². The number of carbonyl (C=O) groups is 1. The van der Waals surface area contributed by atoms with Crippen molar-refractivity contribution in [2.45, 2.75) is 19.9 Å². The van der Waals surface area contributed by atoms with Crippen molar-refractivity contribution in [1.82, 2.24) is 9.88 Å². The number of hydrogen-bond donors (Lipinski definition) is 1. The first-order valence-electron chi connectivity index (χ1n) is 10.8. The Morgan fingerprint density at radius 3 is 2.48 bits per heavy atom. The fourth-order valence-electron chi connectivity index (χ4n) is 3.99. The first-order chi connectivity index (χ1) is 16.1. The van der Waals surface area contributed by atoms with E-state index in [1.807, 2.05) is 85.8 Å². The maximum Gasteiger partial charge on any atom is 0.261 e. The van der Waals surface area contributed by atoms with E-state index in [1.165, 1.54) is 0 Å². The van der Waals surface area contributed by atoms with Gasteiger partial charge in [0, 0.05) is 40.3 Å². The normalized spacial score (nSPS) is 11.4. The molecule has 3 aromatic carbocycles. The molecule has 4 aromatic rings. The van der Waals surface area contributed by atoms with E-state index in [-0.39, 0.29) is 11.5 Å². The summed E-state index contributed by atoms with van der Waals surface area (Å²) in [5.41, 5.74) is 5.11. The van der Waals surface area contributed by atoms with Gasteiger partial charge in [0.2, 0.25) is 0 Å². The van der Waals surface area contributed by atoms with Crippen LogP contribution in [0.5, 0.6) is 0 Å². The van der Waals surface area contributed by atoms with Gasteiger partial charge in [-0.2, -0.15) is 5.26 Å². The van der Waals surface area contributed by atoms with Crippen LogP contribution in [0, 0.1) is 18.3 Å². The molecule has 1 heterocycles. The van der Waals surface area contributed by atoms with Crippen molar-refractivity contribution in [3.63, 3.8) is 0 Å². The number of para-hydroxylation sites is 1. The third-order valence-electron chi connectivity index (χ3n) is 5.76. The standard InChI is InChI=1S/C28H24ClN3O/c1-20-25(17-23(18-30)28(33)31-16-15-21-9-3-2-4-10-21)24-12-6-8-14-27(24)32(20)19-22-11-5-7-13-26(22)29/h2-14,17H,15-16,19H2,1H3,(H,31,33)/b23-17+. The van der Waals surface area contributed by atoms with E-state index >= 15 is 0 Å². The Kier molecular flexibility index (Phi) is 6.92. The average Bonchev–Trinajstić information content (AvgIpc) is 3.10. The molecule has 0 atom stereocenters. The van der Waals surface area contributed by atoms with Crippen LogP contribution >= 0.6 is 11.6 Å². The molecule has 5 heteroatoms. The summed E-state index contributed by atoms with van der Waals surface area (Å²) in [6, 6.07) is 27.8. The molecule has 0 fully saturated rings. The number of nitrogens with zero attached hydrogens (tertiary/aromatic N) is 2. The van der Waals surface area contributed by atoms with Crippen molar-refractivity contribution >= 4 is 34.5 Å². The summed E-state index contributed by atoms with van der Waals surface area (Å²) in [4.78, 5) is 12.7. The molecule has 33 heavy (non-hydrogen) atoms. The summed E-state index contributed by atoms with van der Waals surface area (Å²) in [6.07, 6.45) is 2.40. The minimum atomic E-state index is -0.365. The molecule has 0 spiro atoms. The van der Waals surface area contributed by atoms with Gasteiger partial charge in [-0.25, -0.2) is 0 Å². The molecule has 0 aliphatic rings. The predicted octanol–water partition coefficient (Wildman–Crippen LogP) is 5.92. The number of carbonyl (C=O) groups excluding carboxylic acids is 1. The van der Waals surface area contributed by atoms with Gasteiger partial charge in [-0.15, -0.1) is 0 Å². The highest BCUT2D eigenvalue weighted by molar-refractivity contribution is 6.31. The lowest BCUT2D eigenvalue weighted by atomic mass is 10.1. The third kappa shape index (κ3) is 5.00. The molecule has 0 saturated carbocycles. The zero-order chi connectivity index (χ0) is 23.2. The van der Waals surface area contributed by atoms with Crippen molar-refractivity contribution in [3.8, 4) is 6.07 Å². The predicted molar refractivity (Wildman–Crippen MR) is 134 cm³/mol. The number of hydrogen-bond acceptors (Lipinski definition) is 2. The highest BCUT2D eigenvalue weighted by atomic mass is 35.5. The van der Waals surface area contributed by atoms with Crippen molar-refractivity contribution in [2.24, 2.45) is 0 Å². The fourth-order valence-corrected chi connectivity index (χ4v) is 4.19. The summed E-state index contributed by atoms with van der Waals surface area (Å²) in [5, 5.41) is 14.3. The molecule has 1 amide bonds. The Bertz CT molecular complexity index is 1360. The smallest absolute Gasteiger partial charge is 0.261 e. The molecule has 0 radical (unpaired) electrons. The molecular formula is C28H24ClN3O. The number of benzene rings is 3. The Morgan fingerprint density at radius 1 is 1.03 bits per heavy atom. The zero-order valence-corrected chi connectivity index (χ0v) is 19.1. The van der Waals surface area contributed by atoms with Crippen LogP contribution in [0.3, 0.4) is 0 Å². The molecule has 1 N–H and O–H groups in total. The van der Waals surface area contributed by atoms with Gasteiger partial charge in [0.1, 0.15) is 11.6 Å². The van der Waals surface area contributed by atoms with E-state index in [4.69, 9.17) is 11.6 Å². The number of halogens is 1. The van der Waals surface area contributed by atoms with E-state index in [2.05, 4.69) is 16.0 Å². The number of nitriles is 1. The van der Waals surface area contributed by atoms with Crippen LogP contribution in [0.25, 0.3) is 17.0 Å². The van der Waals surface area contributed by atoms with E-state index < -0.39 is 0 Å². The lowest BCUT2D eigenvalue weighted by molar-refractivity contribution is -0.117. The molecule has 4 rings (SSSR count). The largest absolute Gasteiger partial charge is 0.351 e. The molecule has 164 valence electrons. The third-order valence-corrected chi connectivity index (χ3v) is 6.13.